The summed E-state index contributed by atoms with van der Waals surface area (Å²) in [6.45, 7) is -0.634. The zero-order valence-corrected chi connectivity index (χ0v) is 11.9. The minimum atomic E-state index is -3.44. The van der Waals surface area contributed by atoms with Crippen LogP contribution in [-0.4, -0.2) is 54.5 Å². The van der Waals surface area contributed by atoms with E-state index < -0.39 is 45.0 Å². The highest BCUT2D eigenvalue weighted by molar-refractivity contribution is 7.32. The monoisotopic (exact) mass is 334 g/mol. The van der Waals surface area contributed by atoms with Gasteiger partial charge in [-0.3, -0.25) is 18.5 Å². The first kappa shape index (κ1) is 15.3. The summed E-state index contributed by atoms with van der Waals surface area (Å²) in [5.74, 6) is 0. The van der Waals surface area contributed by atoms with Crippen LogP contribution < -0.4 is 5.56 Å². The summed E-state index contributed by atoms with van der Waals surface area (Å²) in [5.41, 5.74) is -0.388. The summed E-state index contributed by atoms with van der Waals surface area (Å²) >= 11 is 0. The highest BCUT2D eigenvalue weighted by atomic mass is 31.1. The minimum Gasteiger partial charge on any atom is -0.394 e. The second-order valence-corrected chi connectivity index (χ2v) is 5.36. The highest BCUT2D eigenvalue weighted by Crippen LogP contribution is 2.38. The van der Waals surface area contributed by atoms with Crippen LogP contribution >= 0.6 is 8.25 Å². The summed E-state index contributed by atoms with van der Waals surface area (Å²) in [6, 6.07) is 0. The Labute approximate surface area is 122 Å². The van der Waals surface area contributed by atoms with E-state index in [0.29, 0.717) is 0 Å². The summed E-state index contributed by atoms with van der Waals surface area (Å²) in [6.07, 6.45) is -3.35. The molecule has 5 atom stereocenters. The van der Waals surface area contributed by atoms with E-state index >= 15 is 0 Å². The van der Waals surface area contributed by atoms with Gasteiger partial charge in [0, 0.05) is 0 Å². The molecule has 1 aliphatic rings. The molecule has 10 nitrogen and oxygen atoms in total. The van der Waals surface area contributed by atoms with Gasteiger partial charge in [-0.1, -0.05) is 0 Å². The maximum absolute atomic E-state index is 14.2. The lowest BCUT2D eigenvalue weighted by Crippen LogP contribution is -2.30. The zero-order chi connectivity index (χ0) is 15.9. The fourth-order valence-electron chi connectivity index (χ4n) is 2.36. The van der Waals surface area contributed by atoms with E-state index in [-0.39, 0.29) is 11.2 Å². The number of nitrogens with one attached hydrogen (secondary N) is 1. The molecule has 3 rings (SSSR count). The predicted molar refractivity (Wildman–Crippen MR) is 70.1 cm³/mol. The van der Waals surface area contributed by atoms with Crippen molar-refractivity contribution >= 4 is 19.4 Å². The van der Waals surface area contributed by atoms with Gasteiger partial charge < -0.3 is 19.7 Å². The lowest BCUT2D eigenvalue weighted by atomic mass is 10.1. The molecule has 3 heterocycles. The molecule has 1 fully saturated rings. The molecule has 0 radical (unpaired) electrons. The lowest BCUT2D eigenvalue weighted by molar-refractivity contribution is -0.0458. The van der Waals surface area contributed by atoms with Gasteiger partial charge in [-0.2, -0.15) is 0 Å². The van der Waals surface area contributed by atoms with E-state index in [0.717, 1.165) is 6.33 Å². The predicted octanol–water partition coefficient (Wildman–Crippen LogP) is -0.885. The van der Waals surface area contributed by atoms with Crippen molar-refractivity contribution in [3.05, 3.63) is 23.0 Å². The Morgan fingerprint density at radius 1 is 1.55 bits per heavy atom. The SMILES string of the molecule is O=c1[nH]cnc2c1ncn2[C@@H]1O[C@H](CO)[C@@H](F)[C@H]1O[PH](=O)O. The van der Waals surface area contributed by atoms with E-state index in [9.17, 15) is 13.8 Å². The number of rotatable bonds is 4. The molecule has 120 valence electrons. The van der Waals surface area contributed by atoms with Crippen LogP contribution in [0.25, 0.3) is 11.2 Å². The number of ether oxygens (including phenoxy) is 1. The molecule has 2 aromatic rings. The third-order valence-electron chi connectivity index (χ3n) is 3.32. The summed E-state index contributed by atoms with van der Waals surface area (Å²) in [5, 5.41) is 9.11. The van der Waals surface area contributed by atoms with Crippen molar-refractivity contribution in [2.24, 2.45) is 0 Å². The molecule has 0 aromatic carbocycles. The van der Waals surface area contributed by atoms with Gasteiger partial charge in [-0.25, -0.2) is 14.4 Å². The first-order chi connectivity index (χ1) is 10.5. The van der Waals surface area contributed by atoms with Gasteiger partial charge in [0.05, 0.1) is 19.3 Å². The fourth-order valence-corrected chi connectivity index (χ4v) is 2.84. The van der Waals surface area contributed by atoms with Crippen molar-refractivity contribution in [1.29, 1.82) is 0 Å². The number of H-pyrrole nitrogens is 1. The number of aromatic amines is 1. The third kappa shape index (κ3) is 2.46. The Balaban J connectivity index is 2.05. The number of alkyl halides is 1. The van der Waals surface area contributed by atoms with Crippen molar-refractivity contribution in [3.8, 4) is 0 Å². The molecule has 0 saturated carbocycles. The average Bonchev–Trinajstić information content (AvgIpc) is 3.02. The zero-order valence-electron chi connectivity index (χ0n) is 10.9. The first-order valence-corrected chi connectivity index (χ1v) is 7.49. The number of hydrogen-bond donors (Lipinski definition) is 3. The van der Waals surface area contributed by atoms with Crippen LogP contribution in [0.5, 0.6) is 0 Å². The number of nitrogens with zero attached hydrogens (tertiary/aromatic N) is 3. The van der Waals surface area contributed by atoms with Crippen LogP contribution in [0.1, 0.15) is 6.23 Å². The van der Waals surface area contributed by atoms with Gasteiger partial charge in [-0.05, 0) is 0 Å². The van der Waals surface area contributed by atoms with Gasteiger partial charge in [0.15, 0.2) is 23.6 Å². The van der Waals surface area contributed by atoms with Crippen LogP contribution in [0, 0.1) is 0 Å². The first-order valence-electron chi connectivity index (χ1n) is 6.23. The molecule has 22 heavy (non-hydrogen) atoms. The Hall–Kier alpha value is -1.65. The number of halogens is 1. The van der Waals surface area contributed by atoms with Gasteiger partial charge >= 0.3 is 8.25 Å². The van der Waals surface area contributed by atoms with Crippen LogP contribution in [0.2, 0.25) is 0 Å². The molecule has 0 aliphatic carbocycles. The fraction of sp³-hybridized carbons (Fsp3) is 0.500. The van der Waals surface area contributed by atoms with Crippen LogP contribution in [0.15, 0.2) is 17.4 Å². The number of hydrogen-bond acceptors (Lipinski definition) is 7. The summed E-state index contributed by atoms with van der Waals surface area (Å²) in [4.78, 5) is 30.6. The normalized spacial score (nSPS) is 30.0. The Morgan fingerprint density at radius 2 is 2.32 bits per heavy atom. The second-order valence-electron chi connectivity index (χ2n) is 4.60. The van der Waals surface area contributed by atoms with Crippen molar-refractivity contribution in [3.63, 3.8) is 0 Å². The molecule has 1 unspecified atom stereocenters. The molecule has 3 N–H and O–H groups in total. The van der Waals surface area contributed by atoms with E-state index in [4.69, 9.17) is 19.3 Å². The van der Waals surface area contributed by atoms with Crippen molar-refractivity contribution in [1.82, 2.24) is 19.5 Å². The number of fused-ring (bicyclic) bond motifs is 1. The average molecular weight is 334 g/mol. The second kappa shape index (κ2) is 5.86. The molecule has 0 spiro atoms. The van der Waals surface area contributed by atoms with Crippen LogP contribution in [0.3, 0.4) is 0 Å². The Bertz CT molecular complexity index is 765. The lowest BCUT2D eigenvalue weighted by Gasteiger charge is -2.19. The topological polar surface area (TPSA) is 140 Å². The minimum absolute atomic E-state index is 0.00404. The molecule has 12 heteroatoms. The van der Waals surface area contributed by atoms with Crippen molar-refractivity contribution in [2.45, 2.75) is 24.6 Å². The maximum atomic E-state index is 14.2. The van der Waals surface area contributed by atoms with E-state index in [1.54, 1.807) is 0 Å². The molecular weight excluding hydrogens is 322 g/mol. The molecule has 0 bridgehead atoms. The largest absolute Gasteiger partial charge is 0.394 e. The molecule has 0 amide bonds. The molecule has 1 aliphatic heterocycles. The van der Waals surface area contributed by atoms with Gasteiger partial charge in [0.25, 0.3) is 5.56 Å². The number of aliphatic hydroxyl groups is 1. The van der Waals surface area contributed by atoms with E-state index in [1.807, 2.05) is 0 Å². The van der Waals surface area contributed by atoms with Gasteiger partial charge in [0.2, 0.25) is 0 Å². The number of imidazole rings is 1. The molecular formula is C10H12FN4O6P. The van der Waals surface area contributed by atoms with Crippen LogP contribution in [0.4, 0.5) is 4.39 Å². The smallest absolute Gasteiger partial charge is 0.317 e. The Kier molecular flexibility index (Phi) is 4.06. The quantitative estimate of drug-likeness (QED) is 0.612. The number of aromatic nitrogens is 4. The van der Waals surface area contributed by atoms with E-state index in [1.165, 1.54) is 10.9 Å². The van der Waals surface area contributed by atoms with Crippen LogP contribution in [-0.2, 0) is 13.8 Å². The Morgan fingerprint density at radius 3 is 3.00 bits per heavy atom. The molecule has 2 aromatic heterocycles. The van der Waals surface area contributed by atoms with Gasteiger partial charge in [-0.15, -0.1) is 0 Å². The van der Waals surface area contributed by atoms with E-state index in [2.05, 4.69) is 15.0 Å². The number of aliphatic hydroxyl groups excluding tert-OH is 1. The highest BCUT2D eigenvalue weighted by Gasteiger charge is 2.48. The third-order valence-corrected chi connectivity index (χ3v) is 3.79. The van der Waals surface area contributed by atoms with Crippen molar-refractivity contribution in [2.75, 3.05) is 6.61 Å². The molecule has 1 saturated heterocycles. The van der Waals surface area contributed by atoms with Gasteiger partial charge in [0.1, 0.15) is 12.2 Å². The maximum Gasteiger partial charge on any atom is 0.317 e. The summed E-state index contributed by atoms with van der Waals surface area (Å²) in [7, 11) is -3.44. The summed E-state index contributed by atoms with van der Waals surface area (Å²) < 4.78 is 36.3. The standard InChI is InChI=1S/C10H12FN4O6P/c11-5-4(1-16)20-10(7(5)21-22(18)19)15-3-14-6-8(15)12-2-13-9(6)17/h2-5,7,10,16,22H,1H2,(H,18,19)(H,12,13,17)/t4-,5-,7-,10-/m1/s1. The van der Waals surface area contributed by atoms with Crippen molar-refractivity contribution < 1.29 is 28.2 Å².